The van der Waals surface area contributed by atoms with E-state index in [0.29, 0.717) is 11.8 Å². The Balaban J connectivity index is 1.83. The molecular formula is C17H22O2S. The second-order valence-corrected chi connectivity index (χ2v) is 7.60. The molecule has 3 atom stereocenters. The lowest BCUT2D eigenvalue weighted by atomic mass is 9.65. The van der Waals surface area contributed by atoms with E-state index in [1.807, 2.05) is 11.8 Å². The Kier molecular flexibility index (Phi) is 3.80. The third kappa shape index (κ3) is 2.48. The molecule has 1 N–H and O–H groups in total. The molecular weight excluding hydrogens is 268 g/mol. The van der Waals surface area contributed by atoms with Gasteiger partial charge in [-0.3, -0.25) is 4.79 Å². The van der Waals surface area contributed by atoms with Gasteiger partial charge >= 0.3 is 5.97 Å². The summed E-state index contributed by atoms with van der Waals surface area (Å²) in [5.74, 6) is 1.43. The molecule has 0 saturated heterocycles. The molecule has 2 aliphatic rings. The van der Waals surface area contributed by atoms with Gasteiger partial charge in [-0.1, -0.05) is 38.0 Å². The van der Waals surface area contributed by atoms with E-state index >= 15 is 0 Å². The van der Waals surface area contributed by atoms with Crippen molar-refractivity contribution in [3.8, 4) is 0 Å². The van der Waals surface area contributed by atoms with E-state index < -0.39 is 11.4 Å². The van der Waals surface area contributed by atoms with Crippen molar-refractivity contribution in [1.29, 1.82) is 0 Å². The van der Waals surface area contributed by atoms with Crippen LogP contribution < -0.4 is 0 Å². The van der Waals surface area contributed by atoms with E-state index in [4.69, 9.17) is 0 Å². The predicted molar refractivity (Wildman–Crippen MR) is 82.2 cm³/mol. The Morgan fingerprint density at radius 3 is 3.00 bits per heavy atom. The summed E-state index contributed by atoms with van der Waals surface area (Å²) in [5.41, 5.74) is 0.886. The molecule has 0 aromatic heterocycles. The smallest absolute Gasteiger partial charge is 0.309 e. The molecule has 1 fully saturated rings. The zero-order chi connectivity index (χ0) is 14.2. The van der Waals surface area contributed by atoms with Gasteiger partial charge in [0.2, 0.25) is 0 Å². The van der Waals surface area contributed by atoms with Crippen molar-refractivity contribution in [1.82, 2.24) is 0 Å². The van der Waals surface area contributed by atoms with Crippen LogP contribution in [-0.4, -0.2) is 16.8 Å². The first-order valence-corrected chi connectivity index (χ1v) is 8.54. The molecule has 1 aromatic carbocycles. The lowest BCUT2D eigenvalue weighted by Gasteiger charge is -2.38. The van der Waals surface area contributed by atoms with Crippen molar-refractivity contribution >= 4 is 17.7 Å². The number of hydrogen-bond acceptors (Lipinski definition) is 2. The fraction of sp³-hybridized carbons (Fsp3) is 0.588. The van der Waals surface area contributed by atoms with E-state index in [0.717, 1.165) is 31.4 Å². The van der Waals surface area contributed by atoms with Crippen LogP contribution in [0, 0.1) is 11.3 Å². The molecule has 0 radical (unpaired) electrons. The van der Waals surface area contributed by atoms with E-state index in [2.05, 4.69) is 31.2 Å². The molecule has 1 aliphatic carbocycles. The van der Waals surface area contributed by atoms with Gasteiger partial charge in [-0.2, -0.15) is 0 Å². The molecule has 0 spiro atoms. The molecule has 2 nitrogen and oxygen atoms in total. The Hall–Kier alpha value is -0.960. The second-order valence-electron chi connectivity index (χ2n) is 6.54. The fourth-order valence-corrected chi connectivity index (χ4v) is 5.25. The van der Waals surface area contributed by atoms with E-state index in [-0.39, 0.29) is 0 Å². The summed E-state index contributed by atoms with van der Waals surface area (Å²) in [6, 6.07) is 8.50. The highest BCUT2D eigenvalue weighted by Gasteiger charge is 2.44. The monoisotopic (exact) mass is 290 g/mol. The quantitative estimate of drug-likeness (QED) is 0.887. The number of fused-ring (bicyclic) bond motifs is 1. The number of carboxylic acid groups (broad SMARTS) is 1. The molecule has 1 aliphatic heterocycles. The molecule has 108 valence electrons. The number of aliphatic carboxylic acids is 1. The van der Waals surface area contributed by atoms with Crippen molar-refractivity contribution in [3.05, 3.63) is 29.8 Å². The first-order valence-electron chi connectivity index (χ1n) is 7.56. The van der Waals surface area contributed by atoms with E-state index in [1.54, 1.807) is 0 Å². The van der Waals surface area contributed by atoms with Gasteiger partial charge in [0.05, 0.1) is 5.41 Å². The van der Waals surface area contributed by atoms with Gasteiger partial charge in [-0.15, -0.1) is 11.8 Å². The lowest BCUT2D eigenvalue weighted by molar-refractivity contribution is -0.153. The van der Waals surface area contributed by atoms with Gasteiger partial charge in [0.15, 0.2) is 0 Å². The summed E-state index contributed by atoms with van der Waals surface area (Å²) in [6.45, 7) is 2.20. The molecule has 1 heterocycles. The van der Waals surface area contributed by atoms with Crippen LogP contribution in [0.4, 0.5) is 0 Å². The van der Waals surface area contributed by atoms with Gasteiger partial charge in [0.1, 0.15) is 0 Å². The van der Waals surface area contributed by atoms with Crippen LogP contribution in [0.1, 0.15) is 50.5 Å². The molecule has 20 heavy (non-hydrogen) atoms. The average molecular weight is 290 g/mol. The highest BCUT2D eigenvalue weighted by molar-refractivity contribution is 7.99. The van der Waals surface area contributed by atoms with Crippen LogP contribution >= 0.6 is 11.8 Å². The maximum Gasteiger partial charge on any atom is 0.309 e. The van der Waals surface area contributed by atoms with Gasteiger partial charge < -0.3 is 5.11 Å². The van der Waals surface area contributed by atoms with Crippen molar-refractivity contribution in [2.45, 2.75) is 49.8 Å². The number of carbonyl (C=O) groups is 1. The standard InChI is InChI=1S/C17H22O2S/c1-12-5-4-8-17(9-12,16(18)19)10-13-11-20-15-7-3-2-6-14(13)15/h2-3,6-7,12-13H,4-5,8-11H2,1H3,(H,18,19). The Morgan fingerprint density at radius 1 is 1.45 bits per heavy atom. The van der Waals surface area contributed by atoms with Crippen molar-refractivity contribution in [3.63, 3.8) is 0 Å². The normalized spacial score (nSPS) is 32.9. The van der Waals surface area contributed by atoms with E-state index in [1.165, 1.54) is 16.9 Å². The van der Waals surface area contributed by atoms with Crippen molar-refractivity contribution in [2.75, 3.05) is 5.75 Å². The fourth-order valence-electron chi connectivity index (χ4n) is 4.00. The van der Waals surface area contributed by atoms with Gasteiger partial charge in [0, 0.05) is 10.6 Å². The highest BCUT2D eigenvalue weighted by atomic mass is 32.2. The summed E-state index contributed by atoms with van der Waals surface area (Å²) in [4.78, 5) is 13.3. The number of thioether (sulfide) groups is 1. The van der Waals surface area contributed by atoms with Gasteiger partial charge in [-0.05, 0) is 42.7 Å². The Morgan fingerprint density at radius 2 is 2.25 bits per heavy atom. The van der Waals surface area contributed by atoms with Crippen molar-refractivity contribution in [2.24, 2.45) is 11.3 Å². The third-order valence-corrected chi connectivity index (χ3v) is 6.23. The predicted octanol–water partition coefficient (Wildman–Crippen LogP) is 4.55. The Labute approximate surface area is 125 Å². The maximum absolute atomic E-state index is 11.9. The molecule has 3 rings (SSSR count). The maximum atomic E-state index is 11.9. The van der Waals surface area contributed by atoms with Crippen LogP contribution in [-0.2, 0) is 4.79 Å². The van der Waals surface area contributed by atoms with E-state index in [9.17, 15) is 9.90 Å². The molecule has 3 unspecified atom stereocenters. The minimum atomic E-state index is -0.571. The van der Waals surface area contributed by atoms with Gasteiger partial charge in [0.25, 0.3) is 0 Å². The van der Waals surface area contributed by atoms with Crippen LogP contribution in [0.2, 0.25) is 0 Å². The topological polar surface area (TPSA) is 37.3 Å². The molecule has 0 bridgehead atoms. The second kappa shape index (κ2) is 5.44. The number of carboxylic acids is 1. The van der Waals surface area contributed by atoms with Crippen LogP contribution in [0.25, 0.3) is 0 Å². The minimum Gasteiger partial charge on any atom is -0.481 e. The number of hydrogen-bond donors (Lipinski definition) is 1. The lowest BCUT2D eigenvalue weighted by Crippen LogP contribution is -2.37. The average Bonchev–Trinajstić information content (AvgIpc) is 2.82. The molecule has 1 saturated carbocycles. The summed E-state index contributed by atoms with van der Waals surface area (Å²) in [7, 11) is 0. The van der Waals surface area contributed by atoms with Crippen LogP contribution in [0.15, 0.2) is 29.2 Å². The summed E-state index contributed by atoms with van der Waals surface area (Å²) in [6.07, 6.45) is 4.78. The number of benzene rings is 1. The summed E-state index contributed by atoms with van der Waals surface area (Å²) >= 11 is 1.88. The zero-order valence-corrected chi connectivity index (χ0v) is 12.8. The third-order valence-electron chi connectivity index (χ3n) is 4.98. The minimum absolute atomic E-state index is 0.414. The number of rotatable bonds is 3. The zero-order valence-electron chi connectivity index (χ0n) is 12.0. The molecule has 1 aromatic rings. The highest BCUT2D eigenvalue weighted by Crippen LogP contribution is 2.50. The summed E-state index contributed by atoms with van der Waals surface area (Å²) < 4.78 is 0. The van der Waals surface area contributed by atoms with Crippen LogP contribution in [0.3, 0.4) is 0 Å². The first-order chi connectivity index (χ1) is 9.61. The van der Waals surface area contributed by atoms with Crippen molar-refractivity contribution < 1.29 is 9.90 Å². The first kappa shape index (κ1) is 14.0. The molecule has 0 amide bonds. The SMILES string of the molecule is CC1CCCC(CC2CSc3ccccc32)(C(=O)O)C1. The van der Waals surface area contributed by atoms with Crippen LogP contribution in [0.5, 0.6) is 0 Å². The Bertz CT molecular complexity index is 513. The molecule has 3 heteroatoms. The van der Waals surface area contributed by atoms with Gasteiger partial charge in [-0.25, -0.2) is 0 Å². The summed E-state index contributed by atoms with van der Waals surface area (Å²) in [5, 5.41) is 9.81. The largest absolute Gasteiger partial charge is 0.481 e.